The lowest BCUT2D eigenvalue weighted by Gasteiger charge is -2.02. The van der Waals surface area contributed by atoms with Gasteiger partial charge in [0.25, 0.3) is 0 Å². The second-order valence-corrected chi connectivity index (χ2v) is 4.41. The molecule has 0 bridgehead atoms. The monoisotopic (exact) mass is 344 g/mol. The Labute approximate surface area is 109 Å². The zero-order valence-electron chi connectivity index (χ0n) is 8.19. The average Bonchev–Trinajstić information content (AvgIpc) is 2.28. The van der Waals surface area contributed by atoms with Gasteiger partial charge in [-0.15, -0.1) is 0 Å². The Kier molecular flexibility index (Phi) is 3.45. The van der Waals surface area contributed by atoms with E-state index in [0.29, 0.717) is 26.6 Å². The van der Waals surface area contributed by atoms with Crippen molar-refractivity contribution in [1.82, 2.24) is 19.9 Å². The Bertz CT molecular complexity index is 500. The molecule has 0 aromatic carbocycles. The largest absolute Gasteiger partial charge is 0.481 e. The van der Waals surface area contributed by atoms with Crippen molar-refractivity contribution in [3.05, 3.63) is 27.7 Å². The van der Waals surface area contributed by atoms with E-state index >= 15 is 0 Å². The van der Waals surface area contributed by atoms with Crippen LogP contribution < -0.4 is 4.74 Å². The highest BCUT2D eigenvalue weighted by molar-refractivity contribution is 9.11. The van der Waals surface area contributed by atoms with E-state index in [1.165, 1.54) is 6.33 Å². The molecule has 0 saturated heterocycles. The number of nitrogens with zero attached hydrogens (tertiary/aromatic N) is 4. The second-order valence-electron chi connectivity index (χ2n) is 2.78. The van der Waals surface area contributed by atoms with Crippen LogP contribution in [0.1, 0.15) is 0 Å². The van der Waals surface area contributed by atoms with Gasteiger partial charge in [-0.2, -0.15) is 0 Å². The minimum Gasteiger partial charge on any atom is -0.481 e. The smallest absolute Gasteiger partial charge is 0.216 e. The first-order valence-corrected chi connectivity index (χ1v) is 5.84. The van der Waals surface area contributed by atoms with Crippen molar-refractivity contribution in [2.75, 3.05) is 7.11 Å². The van der Waals surface area contributed by atoms with Gasteiger partial charge in [0, 0.05) is 12.1 Å². The predicted octanol–water partition coefficient (Wildman–Crippen LogP) is 2.47. The molecule has 0 radical (unpaired) electrons. The fourth-order valence-corrected chi connectivity index (χ4v) is 2.15. The van der Waals surface area contributed by atoms with Gasteiger partial charge in [0.2, 0.25) is 5.88 Å². The Balaban J connectivity index is 2.49. The first kappa shape index (κ1) is 11.4. The van der Waals surface area contributed by atoms with Gasteiger partial charge in [-0.3, -0.25) is 0 Å². The molecular formula is C9H6Br2N4O. The molecule has 0 spiro atoms. The van der Waals surface area contributed by atoms with Crippen LogP contribution in [0.25, 0.3) is 11.5 Å². The minimum absolute atomic E-state index is 0.477. The minimum atomic E-state index is 0.477. The van der Waals surface area contributed by atoms with E-state index in [9.17, 15) is 0 Å². The number of rotatable bonds is 2. The lowest BCUT2D eigenvalue weighted by atomic mass is 10.4. The molecule has 2 rings (SSSR count). The summed E-state index contributed by atoms with van der Waals surface area (Å²) >= 11 is 6.58. The van der Waals surface area contributed by atoms with Crippen LogP contribution in [0.3, 0.4) is 0 Å². The van der Waals surface area contributed by atoms with E-state index in [1.807, 2.05) is 0 Å². The maximum atomic E-state index is 5.01. The highest BCUT2D eigenvalue weighted by atomic mass is 79.9. The van der Waals surface area contributed by atoms with E-state index in [4.69, 9.17) is 4.74 Å². The molecular weight excluding hydrogens is 340 g/mol. The zero-order valence-corrected chi connectivity index (χ0v) is 11.4. The molecule has 16 heavy (non-hydrogen) atoms. The third-order valence-corrected chi connectivity index (χ3v) is 2.56. The topological polar surface area (TPSA) is 60.8 Å². The number of halogens is 2. The highest BCUT2D eigenvalue weighted by Crippen LogP contribution is 2.20. The van der Waals surface area contributed by atoms with Crippen molar-refractivity contribution in [3.63, 3.8) is 0 Å². The number of hydrogen-bond donors (Lipinski definition) is 0. The van der Waals surface area contributed by atoms with Gasteiger partial charge < -0.3 is 4.74 Å². The lowest BCUT2D eigenvalue weighted by molar-refractivity contribution is 0.397. The third kappa shape index (κ3) is 2.53. The second kappa shape index (κ2) is 4.84. The molecule has 0 aliphatic heterocycles. The number of methoxy groups -OCH3 is 1. The van der Waals surface area contributed by atoms with Crippen LogP contribution in [0.15, 0.2) is 27.7 Å². The summed E-state index contributed by atoms with van der Waals surface area (Å²) in [6, 6.07) is 3.43. The fraction of sp³-hybridized carbons (Fsp3) is 0.111. The van der Waals surface area contributed by atoms with Crippen LogP contribution in [0.4, 0.5) is 0 Å². The van der Waals surface area contributed by atoms with Crippen LogP contribution in [-0.4, -0.2) is 27.0 Å². The van der Waals surface area contributed by atoms with Gasteiger partial charge >= 0.3 is 0 Å². The molecule has 2 aromatic heterocycles. The first-order chi connectivity index (χ1) is 7.69. The van der Waals surface area contributed by atoms with Crippen molar-refractivity contribution in [3.8, 4) is 17.4 Å². The third-order valence-electron chi connectivity index (χ3n) is 1.74. The summed E-state index contributed by atoms with van der Waals surface area (Å²) in [6.45, 7) is 0. The fourth-order valence-electron chi connectivity index (χ4n) is 1.08. The zero-order chi connectivity index (χ0) is 11.5. The van der Waals surface area contributed by atoms with Crippen LogP contribution in [0, 0.1) is 0 Å². The summed E-state index contributed by atoms with van der Waals surface area (Å²) in [5, 5.41) is 0. The average molecular weight is 346 g/mol. The van der Waals surface area contributed by atoms with Gasteiger partial charge in [0.05, 0.1) is 7.11 Å². The number of ether oxygens (including phenoxy) is 1. The Hall–Kier alpha value is -1.08. The van der Waals surface area contributed by atoms with Crippen molar-refractivity contribution in [2.24, 2.45) is 0 Å². The molecule has 0 atom stereocenters. The summed E-state index contributed by atoms with van der Waals surface area (Å²) in [6.07, 6.45) is 1.41. The van der Waals surface area contributed by atoms with E-state index in [0.717, 1.165) is 0 Å². The Morgan fingerprint density at radius 1 is 1.06 bits per heavy atom. The lowest BCUT2D eigenvalue weighted by Crippen LogP contribution is -1.95. The van der Waals surface area contributed by atoms with Gasteiger partial charge in [-0.1, -0.05) is 0 Å². The molecule has 0 aliphatic carbocycles. The van der Waals surface area contributed by atoms with Crippen molar-refractivity contribution >= 4 is 31.9 Å². The summed E-state index contributed by atoms with van der Waals surface area (Å²) in [7, 11) is 1.55. The Morgan fingerprint density at radius 2 is 1.75 bits per heavy atom. The van der Waals surface area contributed by atoms with Crippen molar-refractivity contribution < 1.29 is 4.74 Å². The maximum Gasteiger partial charge on any atom is 0.216 e. The van der Waals surface area contributed by atoms with Gasteiger partial charge in [0.15, 0.2) is 5.82 Å². The Morgan fingerprint density at radius 3 is 2.38 bits per heavy atom. The van der Waals surface area contributed by atoms with E-state index in [1.54, 1.807) is 19.2 Å². The van der Waals surface area contributed by atoms with Crippen molar-refractivity contribution in [2.45, 2.75) is 0 Å². The van der Waals surface area contributed by atoms with E-state index < -0.39 is 0 Å². The molecule has 2 heterocycles. The van der Waals surface area contributed by atoms with Gasteiger partial charge in [-0.05, 0) is 31.9 Å². The van der Waals surface area contributed by atoms with Crippen LogP contribution >= 0.6 is 31.9 Å². The number of aromatic nitrogens is 4. The molecule has 0 aliphatic rings. The van der Waals surface area contributed by atoms with Gasteiger partial charge in [0.1, 0.15) is 21.2 Å². The molecule has 0 amide bonds. The maximum absolute atomic E-state index is 5.01. The number of hydrogen-bond acceptors (Lipinski definition) is 5. The molecule has 2 aromatic rings. The van der Waals surface area contributed by atoms with E-state index in [-0.39, 0.29) is 0 Å². The standard InChI is InChI=1S/C9H6Br2N4O/c1-16-8-2-5(12-4-13-8)9-14-6(10)3-7(11)15-9/h2-4H,1H3. The predicted molar refractivity (Wildman–Crippen MR) is 65.0 cm³/mol. The summed E-state index contributed by atoms with van der Waals surface area (Å²) < 4.78 is 6.37. The van der Waals surface area contributed by atoms with Crippen molar-refractivity contribution in [1.29, 1.82) is 0 Å². The first-order valence-electron chi connectivity index (χ1n) is 4.25. The molecule has 5 nitrogen and oxygen atoms in total. The van der Waals surface area contributed by atoms with E-state index in [2.05, 4.69) is 51.8 Å². The molecule has 7 heteroatoms. The van der Waals surface area contributed by atoms with Crippen LogP contribution in [-0.2, 0) is 0 Å². The summed E-state index contributed by atoms with van der Waals surface area (Å²) in [5.74, 6) is 0.978. The molecule has 0 fully saturated rings. The van der Waals surface area contributed by atoms with Gasteiger partial charge in [-0.25, -0.2) is 19.9 Å². The normalized spacial score (nSPS) is 10.2. The van der Waals surface area contributed by atoms with Crippen LogP contribution in [0.2, 0.25) is 0 Å². The summed E-state index contributed by atoms with van der Waals surface area (Å²) in [5.41, 5.74) is 0.605. The summed E-state index contributed by atoms with van der Waals surface area (Å²) in [4.78, 5) is 16.4. The highest BCUT2D eigenvalue weighted by Gasteiger charge is 2.07. The quantitative estimate of drug-likeness (QED) is 0.782. The molecule has 0 unspecified atom stereocenters. The molecule has 0 saturated carbocycles. The SMILES string of the molecule is COc1cc(-c2nc(Br)cc(Br)n2)ncn1. The molecule has 0 N–H and O–H groups in total. The molecule has 82 valence electrons. The van der Waals surface area contributed by atoms with Crippen LogP contribution in [0.5, 0.6) is 5.88 Å².